The largest absolute Gasteiger partial charge is 0.444 e. The molecule has 1 aromatic heterocycles. The van der Waals surface area contributed by atoms with Gasteiger partial charge in [-0.2, -0.15) is 0 Å². The Kier molecular flexibility index (Phi) is 5.76. The molecular weight excluding hydrogens is 338 g/mol. The lowest BCUT2D eigenvalue weighted by atomic mass is 9.93. The minimum Gasteiger partial charge on any atom is -0.444 e. The lowest BCUT2D eigenvalue weighted by Crippen LogP contribution is -2.37. The van der Waals surface area contributed by atoms with Crippen molar-refractivity contribution in [2.75, 3.05) is 13.1 Å². The molecule has 0 saturated carbocycles. The molecule has 1 saturated heterocycles. The Hall–Kier alpha value is -1.63. The van der Waals surface area contributed by atoms with E-state index in [2.05, 4.69) is 31.1 Å². The summed E-state index contributed by atoms with van der Waals surface area (Å²) in [5.41, 5.74) is 0.532. The average molecular weight is 368 g/mol. The highest BCUT2D eigenvalue weighted by Gasteiger charge is 2.33. The maximum Gasteiger partial charge on any atom is 0.410 e. The quantitative estimate of drug-likeness (QED) is 0.890. The topological polar surface area (TPSA) is 71.5 Å². The molecule has 140 valence electrons. The van der Waals surface area contributed by atoms with Crippen molar-refractivity contribution >= 4 is 23.3 Å². The third kappa shape index (κ3) is 5.70. The molecule has 2 heterocycles. The van der Waals surface area contributed by atoms with E-state index >= 15 is 0 Å². The Morgan fingerprint density at radius 3 is 2.56 bits per heavy atom. The molecule has 1 aromatic rings. The summed E-state index contributed by atoms with van der Waals surface area (Å²) in [5, 5.41) is 5.89. The molecule has 0 radical (unpaired) electrons. The summed E-state index contributed by atoms with van der Waals surface area (Å²) < 4.78 is 5.36. The van der Waals surface area contributed by atoms with Crippen molar-refractivity contribution in [3.63, 3.8) is 0 Å². The molecule has 2 rings (SSSR count). The normalized spacial score (nSPS) is 18.3. The number of amides is 2. The maximum atomic E-state index is 12.4. The number of likely N-dealkylation sites (tertiary alicyclic amines) is 1. The second-order valence-electron chi connectivity index (χ2n) is 8.51. The number of ether oxygens (including phenoxy) is 1. The number of hydrogen-bond acceptors (Lipinski definition) is 5. The predicted octanol–water partition coefficient (Wildman–Crippen LogP) is 3.31. The molecule has 2 amide bonds. The molecule has 0 aromatic carbocycles. The Labute approximate surface area is 154 Å². The van der Waals surface area contributed by atoms with Crippen molar-refractivity contribution in [2.45, 2.75) is 65.5 Å². The molecular formula is C18H29N3O3S. The number of aromatic nitrogens is 1. The zero-order valence-corrected chi connectivity index (χ0v) is 16.8. The highest BCUT2D eigenvalue weighted by atomic mass is 32.1. The van der Waals surface area contributed by atoms with Gasteiger partial charge >= 0.3 is 6.09 Å². The summed E-state index contributed by atoms with van der Waals surface area (Å²) in [7, 11) is 0. The van der Waals surface area contributed by atoms with Gasteiger partial charge in [-0.1, -0.05) is 20.8 Å². The van der Waals surface area contributed by atoms with Gasteiger partial charge in [0.1, 0.15) is 10.6 Å². The van der Waals surface area contributed by atoms with Crippen molar-refractivity contribution in [3.8, 4) is 0 Å². The van der Waals surface area contributed by atoms with E-state index in [-0.39, 0.29) is 23.3 Å². The van der Waals surface area contributed by atoms with Crippen LogP contribution in [0.2, 0.25) is 0 Å². The maximum absolute atomic E-state index is 12.4. The molecule has 6 nitrogen and oxygen atoms in total. The van der Waals surface area contributed by atoms with Crippen LogP contribution in [0.25, 0.3) is 0 Å². The molecule has 1 atom stereocenters. The standard InChI is InChI=1S/C18H29N3O3S/c1-17(2,3)13-11-25-14(20-13)9-19-15(22)12-7-8-21(10-12)16(23)24-18(4,5)6/h11-12H,7-10H2,1-6H3,(H,19,22). The molecule has 0 spiro atoms. The van der Waals surface area contributed by atoms with Crippen LogP contribution in [0.1, 0.15) is 58.7 Å². The first-order valence-electron chi connectivity index (χ1n) is 8.66. The van der Waals surface area contributed by atoms with Crippen molar-refractivity contribution in [1.82, 2.24) is 15.2 Å². The summed E-state index contributed by atoms with van der Waals surface area (Å²) >= 11 is 1.56. The van der Waals surface area contributed by atoms with Gasteiger partial charge in [-0.25, -0.2) is 9.78 Å². The lowest BCUT2D eigenvalue weighted by Gasteiger charge is -2.24. The molecule has 1 fully saturated rings. The second-order valence-corrected chi connectivity index (χ2v) is 9.45. The highest BCUT2D eigenvalue weighted by molar-refractivity contribution is 7.09. The molecule has 7 heteroatoms. The van der Waals surface area contributed by atoms with Crippen LogP contribution in [0.4, 0.5) is 4.79 Å². The minimum atomic E-state index is -0.521. The fraction of sp³-hybridized carbons (Fsp3) is 0.722. The van der Waals surface area contributed by atoms with Crippen molar-refractivity contribution < 1.29 is 14.3 Å². The summed E-state index contributed by atoms with van der Waals surface area (Å²) in [4.78, 5) is 30.6. The van der Waals surface area contributed by atoms with Gasteiger partial charge < -0.3 is 15.0 Å². The fourth-order valence-electron chi connectivity index (χ4n) is 2.51. The molecule has 0 bridgehead atoms. The molecule has 1 N–H and O–H groups in total. The predicted molar refractivity (Wildman–Crippen MR) is 98.6 cm³/mol. The van der Waals surface area contributed by atoms with Gasteiger partial charge in [-0.3, -0.25) is 4.79 Å². The Morgan fingerprint density at radius 1 is 1.32 bits per heavy atom. The van der Waals surface area contributed by atoms with Crippen LogP contribution in [0.15, 0.2) is 5.38 Å². The number of carbonyl (C=O) groups excluding carboxylic acids is 2. The van der Waals surface area contributed by atoms with Gasteiger partial charge in [0, 0.05) is 23.9 Å². The van der Waals surface area contributed by atoms with Crippen LogP contribution >= 0.6 is 11.3 Å². The van der Waals surface area contributed by atoms with E-state index in [0.717, 1.165) is 10.7 Å². The van der Waals surface area contributed by atoms with E-state index in [1.54, 1.807) is 16.2 Å². The number of nitrogens with one attached hydrogen (secondary N) is 1. The number of rotatable bonds is 3. The van der Waals surface area contributed by atoms with Gasteiger partial charge in [0.2, 0.25) is 5.91 Å². The lowest BCUT2D eigenvalue weighted by molar-refractivity contribution is -0.124. The van der Waals surface area contributed by atoms with Crippen LogP contribution in [0.5, 0.6) is 0 Å². The van der Waals surface area contributed by atoms with E-state index in [1.165, 1.54) is 0 Å². The first-order valence-corrected chi connectivity index (χ1v) is 9.54. The molecule has 1 aliphatic heterocycles. The summed E-state index contributed by atoms with van der Waals surface area (Å²) in [5.74, 6) is -0.215. The average Bonchev–Trinajstić information content (AvgIpc) is 3.11. The van der Waals surface area contributed by atoms with Gasteiger partial charge in [0.25, 0.3) is 0 Å². The van der Waals surface area contributed by atoms with Gasteiger partial charge in [-0.05, 0) is 27.2 Å². The summed E-state index contributed by atoms with van der Waals surface area (Å²) in [6, 6.07) is 0. The van der Waals surface area contributed by atoms with Crippen LogP contribution in [0, 0.1) is 5.92 Å². The zero-order chi connectivity index (χ0) is 18.8. The number of thiazole rings is 1. The van der Waals surface area contributed by atoms with E-state index in [0.29, 0.717) is 26.1 Å². The van der Waals surface area contributed by atoms with Gasteiger partial charge in [0.05, 0.1) is 18.2 Å². The van der Waals surface area contributed by atoms with Crippen LogP contribution in [0.3, 0.4) is 0 Å². The minimum absolute atomic E-state index is 0.0120. The third-order valence-corrected chi connectivity index (χ3v) is 4.79. The Bertz CT molecular complexity index is 628. The van der Waals surface area contributed by atoms with E-state index in [1.807, 2.05) is 26.2 Å². The molecule has 1 aliphatic rings. The van der Waals surface area contributed by atoms with E-state index in [4.69, 9.17) is 4.74 Å². The Morgan fingerprint density at radius 2 is 2.00 bits per heavy atom. The van der Waals surface area contributed by atoms with Crippen molar-refractivity contribution in [1.29, 1.82) is 0 Å². The first-order chi connectivity index (χ1) is 11.5. The van der Waals surface area contributed by atoms with Crippen LogP contribution in [-0.4, -0.2) is 40.6 Å². The molecule has 25 heavy (non-hydrogen) atoms. The Balaban J connectivity index is 1.82. The van der Waals surface area contributed by atoms with E-state index < -0.39 is 5.60 Å². The van der Waals surface area contributed by atoms with E-state index in [9.17, 15) is 9.59 Å². The number of carbonyl (C=O) groups is 2. The summed E-state index contributed by atoms with van der Waals surface area (Å²) in [6.07, 6.45) is 0.313. The molecule has 1 unspecified atom stereocenters. The fourth-order valence-corrected chi connectivity index (χ4v) is 3.47. The SMILES string of the molecule is CC(C)(C)OC(=O)N1CCC(C(=O)NCc2nc(C(C)(C)C)cs2)C1. The zero-order valence-electron chi connectivity index (χ0n) is 16.0. The smallest absolute Gasteiger partial charge is 0.410 e. The molecule has 0 aliphatic carbocycles. The monoisotopic (exact) mass is 367 g/mol. The van der Waals surface area contributed by atoms with Crippen LogP contribution < -0.4 is 5.32 Å². The number of hydrogen-bond donors (Lipinski definition) is 1. The van der Waals surface area contributed by atoms with Crippen molar-refractivity contribution in [3.05, 3.63) is 16.1 Å². The van der Waals surface area contributed by atoms with Crippen molar-refractivity contribution in [2.24, 2.45) is 5.92 Å². The highest BCUT2D eigenvalue weighted by Crippen LogP contribution is 2.24. The van der Waals surface area contributed by atoms with Crippen LogP contribution in [-0.2, 0) is 21.5 Å². The second kappa shape index (κ2) is 7.32. The van der Waals surface area contributed by atoms with Gasteiger partial charge in [-0.15, -0.1) is 11.3 Å². The van der Waals surface area contributed by atoms with Gasteiger partial charge in [0.15, 0.2) is 0 Å². The number of nitrogens with zero attached hydrogens (tertiary/aromatic N) is 2. The summed E-state index contributed by atoms with van der Waals surface area (Å²) in [6.45, 7) is 13.3. The third-order valence-electron chi connectivity index (χ3n) is 3.94. The first kappa shape index (κ1) is 19.7.